The van der Waals surface area contributed by atoms with Crippen LogP contribution in [0.25, 0.3) is 0 Å². The van der Waals surface area contributed by atoms with Gasteiger partial charge in [-0.25, -0.2) is 14.0 Å². The summed E-state index contributed by atoms with van der Waals surface area (Å²) in [5.74, 6) is -1.54. The molecule has 2 N–H and O–H groups in total. The number of carboxylic acids is 1. The molecule has 1 aliphatic rings. The lowest BCUT2D eigenvalue weighted by Crippen LogP contribution is -2.42. The number of likely N-dealkylation sites (tertiary alicyclic amines) is 1. The third-order valence-corrected chi connectivity index (χ3v) is 3.20. The van der Waals surface area contributed by atoms with Crippen molar-refractivity contribution in [1.29, 1.82) is 0 Å². The van der Waals surface area contributed by atoms with Gasteiger partial charge in [-0.2, -0.15) is 0 Å². The van der Waals surface area contributed by atoms with Crippen LogP contribution in [0.1, 0.15) is 12.8 Å². The van der Waals surface area contributed by atoms with Gasteiger partial charge in [0.05, 0.1) is 7.11 Å². The van der Waals surface area contributed by atoms with E-state index < -0.39 is 23.9 Å². The highest BCUT2D eigenvalue weighted by molar-refractivity contribution is 5.92. The van der Waals surface area contributed by atoms with Crippen molar-refractivity contribution in [2.24, 2.45) is 0 Å². The summed E-state index contributed by atoms with van der Waals surface area (Å²) in [6.07, 6.45) is 1.09. The number of hydrogen-bond acceptors (Lipinski definition) is 3. The Morgan fingerprint density at radius 1 is 1.50 bits per heavy atom. The highest BCUT2D eigenvalue weighted by atomic mass is 19.1. The first-order chi connectivity index (χ1) is 9.52. The molecule has 0 aliphatic carbocycles. The van der Waals surface area contributed by atoms with Gasteiger partial charge in [0.1, 0.15) is 6.04 Å². The zero-order chi connectivity index (χ0) is 14.7. The summed E-state index contributed by atoms with van der Waals surface area (Å²) in [4.78, 5) is 24.3. The van der Waals surface area contributed by atoms with Crippen molar-refractivity contribution in [3.05, 3.63) is 24.0 Å². The Balaban J connectivity index is 2.09. The van der Waals surface area contributed by atoms with Gasteiger partial charge in [-0.3, -0.25) is 0 Å². The number of nitrogens with one attached hydrogen (secondary N) is 1. The van der Waals surface area contributed by atoms with Gasteiger partial charge in [-0.05, 0) is 25.0 Å². The highest BCUT2D eigenvalue weighted by Crippen LogP contribution is 2.23. The zero-order valence-electron chi connectivity index (χ0n) is 10.9. The van der Waals surface area contributed by atoms with E-state index in [9.17, 15) is 14.0 Å². The minimum atomic E-state index is -1.02. The molecule has 7 heteroatoms. The monoisotopic (exact) mass is 282 g/mol. The van der Waals surface area contributed by atoms with Crippen molar-refractivity contribution in [2.75, 3.05) is 19.0 Å². The summed E-state index contributed by atoms with van der Waals surface area (Å²) in [6, 6.07) is 2.59. The molecule has 6 nitrogen and oxygen atoms in total. The number of urea groups is 1. The molecule has 1 aliphatic heterocycles. The minimum Gasteiger partial charge on any atom is -0.494 e. The van der Waals surface area contributed by atoms with Crippen LogP contribution in [0.5, 0.6) is 5.75 Å². The van der Waals surface area contributed by atoms with E-state index in [1.807, 2.05) is 0 Å². The molecular weight excluding hydrogens is 267 g/mol. The number of amides is 2. The molecule has 1 aromatic carbocycles. The standard InChI is InChI=1S/C13H15FN2O4/c1-20-11-7-8(4-5-9(11)14)15-13(19)16-6-2-3-10(16)12(17)18/h4-5,7,10H,2-3,6H2,1H3,(H,15,19)(H,17,18)/t10-/m0/s1. The molecule has 1 heterocycles. The number of methoxy groups -OCH3 is 1. The summed E-state index contributed by atoms with van der Waals surface area (Å²) in [6.45, 7) is 0.390. The van der Waals surface area contributed by atoms with Gasteiger partial charge in [-0.1, -0.05) is 0 Å². The van der Waals surface area contributed by atoms with Crippen molar-refractivity contribution in [2.45, 2.75) is 18.9 Å². The van der Waals surface area contributed by atoms with Crippen LogP contribution < -0.4 is 10.1 Å². The number of nitrogens with zero attached hydrogens (tertiary/aromatic N) is 1. The van der Waals surface area contributed by atoms with Crippen LogP contribution >= 0.6 is 0 Å². The number of carbonyl (C=O) groups excluding carboxylic acids is 1. The molecule has 0 spiro atoms. The first kappa shape index (κ1) is 14.1. The smallest absolute Gasteiger partial charge is 0.326 e. The number of carboxylic acid groups (broad SMARTS) is 1. The third-order valence-electron chi connectivity index (χ3n) is 3.20. The van der Waals surface area contributed by atoms with Crippen LogP contribution in [0, 0.1) is 5.82 Å². The van der Waals surface area contributed by atoms with Crippen LogP contribution in [0.2, 0.25) is 0 Å². The van der Waals surface area contributed by atoms with Crippen LogP contribution in [-0.2, 0) is 4.79 Å². The second-order valence-electron chi connectivity index (χ2n) is 4.47. The molecule has 1 aromatic rings. The minimum absolute atomic E-state index is 0.0130. The van der Waals surface area contributed by atoms with E-state index in [0.29, 0.717) is 25.1 Å². The summed E-state index contributed by atoms with van der Waals surface area (Å²) in [5.41, 5.74) is 0.351. The van der Waals surface area contributed by atoms with E-state index in [1.54, 1.807) is 0 Å². The normalized spacial score (nSPS) is 17.9. The molecular formula is C13H15FN2O4. The summed E-state index contributed by atoms with van der Waals surface area (Å²) < 4.78 is 18.1. The number of carbonyl (C=O) groups is 2. The molecule has 1 atom stereocenters. The second kappa shape index (κ2) is 5.77. The molecule has 2 amide bonds. The molecule has 2 rings (SSSR count). The van der Waals surface area contributed by atoms with E-state index in [-0.39, 0.29) is 5.75 Å². The molecule has 0 bridgehead atoms. The lowest BCUT2D eigenvalue weighted by Gasteiger charge is -2.21. The van der Waals surface area contributed by atoms with Gasteiger partial charge in [0.25, 0.3) is 0 Å². The van der Waals surface area contributed by atoms with Crippen molar-refractivity contribution in [1.82, 2.24) is 4.90 Å². The van der Waals surface area contributed by atoms with Gasteiger partial charge in [0.2, 0.25) is 0 Å². The summed E-state index contributed by atoms with van der Waals surface area (Å²) in [7, 11) is 1.32. The fraction of sp³-hybridized carbons (Fsp3) is 0.385. The topological polar surface area (TPSA) is 78.9 Å². The first-order valence-electron chi connectivity index (χ1n) is 6.17. The quantitative estimate of drug-likeness (QED) is 0.887. The maximum atomic E-state index is 13.3. The van der Waals surface area contributed by atoms with Gasteiger partial charge in [0.15, 0.2) is 11.6 Å². The Morgan fingerprint density at radius 2 is 2.25 bits per heavy atom. The van der Waals surface area contributed by atoms with Gasteiger partial charge in [-0.15, -0.1) is 0 Å². The SMILES string of the molecule is COc1cc(NC(=O)N2CCC[C@H]2C(=O)O)ccc1F. The molecule has 0 saturated carbocycles. The molecule has 0 unspecified atom stereocenters. The molecule has 1 saturated heterocycles. The van der Waals surface area contributed by atoms with E-state index in [0.717, 1.165) is 0 Å². The van der Waals surface area contributed by atoms with Crippen LogP contribution in [0.15, 0.2) is 18.2 Å². The Kier molecular flexibility index (Phi) is 4.07. The average molecular weight is 282 g/mol. The van der Waals surface area contributed by atoms with E-state index in [2.05, 4.69) is 5.32 Å². The van der Waals surface area contributed by atoms with Crippen molar-refractivity contribution < 1.29 is 23.8 Å². The fourth-order valence-electron chi connectivity index (χ4n) is 2.20. The van der Waals surface area contributed by atoms with Crippen LogP contribution in [-0.4, -0.2) is 41.7 Å². The molecule has 1 fully saturated rings. The lowest BCUT2D eigenvalue weighted by atomic mass is 10.2. The lowest BCUT2D eigenvalue weighted by molar-refractivity contribution is -0.141. The Labute approximate surface area is 115 Å². The van der Waals surface area contributed by atoms with E-state index in [4.69, 9.17) is 9.84 Å². The zero-order valence-corrected chi connectivity index (χ0v) is 10.9. The Hall–Kier alpha value is -2.31. The van der Waals surface area contributed by atoms with Crippen molar-refractivity contribution >= 4 is 17.7 Å². The maximum Gasteiger partial charge on any atom is 0.326 e. The number of anilines is 1. The molecule has 20 heavy (non-hydrogen) atoms. The fourth-order valence-corrected chi connectivity index (χ4v) is 2.20. The average Bonchev–Trinajstić information content (AvgIpc) is 2.90. The third kappa shape index (κ3) is 2.81. The van der Waals surface area contributed by atoms with E-state index in [1.165, 1.54) is 30.2 Å². The number of halogens is 1. The molecule has 0 radical (unpaired) electrons. The Morgan fingerprint density at radius 3 is 2.90 bits per heavy atom. The van der Waals surface area contributed by atoms with E-state index >= 15 is 0 Å². The number of benzene rings is 1. The molecule has 108 valence electrons. The Bertz CT molecular complexity index is 535. The van der Waals surface area contributed by atoms with Crippen molar-refractivity contribution in [3.63, 3.8) is 0 Å². The van der Waals surface area contributed by atoms with Gasteiger partial charge >= 0.3 is 12.0 Å². The highest BCUT2D eigenvalue weighted by Gasteiger charge is 2.34. The second-order valence-corrected chi connectivity index (χ2v) is 4.47. The number of rotatable bonds is 3. The van der Waals surface area contributed by atoms with Gasteiger partial charge < -0.3 is 20.1 Å². The summed E-state index contributed by atoms with van der Waals surface area (Å²) >= 11 is 0. The first-order valence-corrected chi connectivity index (χ1v) is 6.17. The summed E-state index contributed by atoms with van der Waals surface area (Å²) in [5, 5.41) is 11.6. The maximum absolute atomic E-state index is 13.3. The van der Waals surface area contributed by atoms with Crippen molar-refractivity contribution in [3.8, 4) is 5.75 Å². The largest absolute Gasteiger partial charge is 0.494 e. The number of hydrogen-bond donors (Lipinski definition) is 2. The number of aliphatic carboxylic acids is 1. The van der Waals surface area contributed by atoms with Gasteiger partial charge in [0, 0.05) is 18.3 Å². The van der Waals surface area contributed by atoms with Crippen LogP contribution in [0.4, 0.5) is 14.9 Å². The molecule has 0 aromatic heterocycles. The predicted octanol–water partition coefficient (Wildman–Crippen LogP) is 1.92. The van der Waals surface area contributed by atoms with Crippen LogP contribution in [0.3, 0.4) is 0 Å². The number of ether oxygens (including phenoxy) is 1. The predicted molar refractivity (Wildman–Crippen MR) is 69.3 cm³/mol.